The minimum absolute atomic E-state index is 0.00354. The van der Waals surface area contributed by atoms with Crippen molar-refractivity contribution in [3.8, 4) is 0 Å². The van der Waals surface area contributed by atoms with Gasteiger partial charge in [-0.05, 0) is 24.8 Å². The molecule has 1 atom stereocenters. The van der Waals surface area contributed by atoms with Gasteiger partial charge in [0.2, 0.25) is 5.91 Å². The van der Waals surface area contributed by atoms with Gasteiger partial charge in [-0.1, -0.05) is 6.92 Å². The molecule has 0 radical (unpaired) electrons. The Balaban J connectivity index is 2.39. The van der Waals surface area contributed by atoms with Gasteiger partial charge in [-0.2, -0.15) is 0 Å². The van der Waals surface area contributed by atoms with Crippen molar-refractivity contribution >= 4 is 17.6 Å². The fourth-order valence-corrected chi connectivity index (χ4v) is 2.47. The fourth-order valence-electron chi connectivity index (χ4n) is 2.47. The molecule has 0 saturated heterocycles. The normalized spacial score (nSPS) is 15.5. The molecule has 2 amide bonds. The molecule has 1 aliphatic rings. The van der Waals surface area contributed by atoms with Crippen molar-refractivity contribution in [3.63, 3.8) is 0 Å². The molecule has 2 heterocycles. The molecule has 0 spiro atoms. The Labute approximate surface area is 115 Å². The van der Waals surface area contributed by atoms with Gasteiger partial charge in [-0.3, -0.25) is 14.9 Å². The van der Waals surface area contributed by atoms with Crippen molar-refractivity contribution in [2.75, 3.05) is 0 Å². The maximum Gasteiger partial charge on any atom is 0.336 e. The summed E-state index contributed by atoms with van der Waals surface area (Å²) in [5.74, 6) is -0.876. The molecule has 0 saturated carbocycles. The van der Waals surface area contributed by atoms with Gasteiger partial charge in [0, 0.05) is 12.5 Å². The number of hydrogen-bond donors (Lipinski definition) is 1. The predicted octanol–water partition coefficient (Wildman–Crippen LogP) is 0.610. The Morgan fingerprint density at radius 1 is 1.40 bits per heavy atom. The largest absolute Gasteiger partial charge is 0.426 e. The van der Waals surface area contributed by atoms with E-state index in [-0.39, 0.29) is 29.4 Å². The van der Waals surface area contributed by atoms with E-state index in [9.17, 15) is 19.2 Å². The second-order valence-corrected chi connectivity index (χ2v) is 5.16. The predicted molar refractivity (Wildman–Crippen MR) is 69.3 cm³/mol. The summed E-state index contributed by atoms with van der Waals surface area (Å²) in [6.07, 6.45) is 0.663. The number of carbonyl (C=O) groups excluding carboxylic acids is 3. The maximum absolute atomic E-state index is 11.9. The average molecular weight is 277 g/mol. The topological polar surface area (TPSA) is 93.4 Å². The van der Waals surface area contributed by atoms with Gasteiger partial charge < -0.3 is 9.21 Å². The molecule has 0 unspecified atom stereocenters. The van der Waals surface area contributed by atoms with Crippen LogP contribution in [0.4, 0.5) is 0 Å². The lowest BCUT2D eigenvalue weighted by molar-refractivity contribution is -0.120. The van der Waals surface area contributed by atoms with E-state index >= 15 is 0 Å². The van der Waals surface area contributed by atoms with E-state index in [1.165, 1.54) is 13.0 Å². The van der Waals surface area contributed by atoms with E-state index in [0.29, 0.717) is 18.4 Å². The van der Waals surface area contributed by atoms with Crippen molar-refractivity contribution < 1.29 is 18.8 Å². The number of Topliss-reactive ketones (excluding diaryl/α,β-unsaturated/α-hetero) is 1. The molecule has 0 aromatic carbocycles. The SMILES string of the molecule is CC(=O)C[C@@H](C)Cc1cc(=O)oc2c1C(=O)NC(=O)C2. The Morgan fingerprint density at radius 3 is 2.75 bits per heavy atom. The first-order valence-electron chi connectivity index (χ1n) is 6.36. The van der Waals surface area contributed by atoms with Crippen LogP contribution in [-0.2, 0) is 22.4 Å². The van der Waals surface area contributed by atoms with Crippen molar-refractivity contribution in [3.05, 3.63) is 33.4 Å². The molecule has 1 aromatic heterocycles. The van der Waals surface area contributed by atoms with Crippen LogP contribution in [0.3, 0.4) is 0 Å². The third kappa shape index (κ3) is 3.01. The molecule has 1 aromatic rings. The summed E-state index contributed by atoms with van der Waals surface area (Å²) in [4.78, 5) is 45.8. The van der Waals surface area contributed by atoms with Crippen LogP contribution in [0.5, 0.6) is 0 Å². The van der Waals surface area contributed by atoms with Crippen molar-refractivity contribution in [1.82, 2.24) is 5.32 Å². The van der Waals surface area contributed by atoms with E-state index in [1.54, 1.807) is 0 Å². The number of imide groups is 1. The molecule has 1 N–H and O–H groups in total. The van der Waals surface area contributed by atoms with Crippen LogP contribution in [0, 0.1) is 5.92 Å². The number of amides is 2. The van der Waals surface area contributed by atoms with Crippen molar-refractivity contribution in [1.29, 1.82) is 0 Å². The number of nitrogens with one attached hydrogen (secondary N) is 1. The van der Waals surface area contributed by atoms with Crippen LogP contribution < -0.4 is 10.9 Å². The molecule has 0 bridgehead atoms. The first kappa shape index (κ1) is 14.2. The van der Waals surface area contributed by atoms with Crippen LogP contribution in [0.15, 0.2) is 15.3 Å². The zero-order valence-electron chi connectivity index (χ0n) is 11.3. The summed E-state index contributed by atoms with van der Waals surface area (Å²) in [6.45, 7) is 3.37. The van der Waals surface area contributed by atoms with Gasteiger partial charge in [0.05, 0.1) is 12.0 Å². The van der Waals surface area contributed by atoms with Gasteiger partial charge in [-0.25, -0.2) is 4.79 Å². The number of hydrogen-bond acceptors (Lipinski definition) is 5. The van der Waals surface area contributed by atoms with Gasteiger partial charge in [0.1, 0.15) is 11.5 Å². The number of carbonyl (C=O) groups is 3. The number of fused-ring (bicyclic) bond motifs is 1. The second-order valence-electron chi connectivity index (χ2n) is 5.16. The Kier molecular flexibility index (Phi) is 3.83. The quantitative estimate of drug-likeness (QED) is 0.814. The van der Waals surface area contributed by atoms with Crippen LogP contribution in [0.25, 0.3) is 0 Å². The van der Waals surface area contributed by atoms with Crippen LogP contribution >= 0.6 is 0 Å². The van der Waals surface area contributed by atoms with E-state index in [1.807, 2.05) is 6.92 Å². The number of rotatable bonds is 4. The molecular weight excluding hydrogens is 262 g/mol. The summed E-state index contributed by atoms with van der Waals surface area (Å²) in [7, 11) is 0. The first-order chi connectivity index (χ1) is 9.36. The van der Waals surface area contributed by atoms with Gasteiger partial charge in [0.15, 0.2) is 0 Å². The second kappa shape index (κ2) is 5.40. The van der Waals surface area contributed by atoms with Crippen molar-refractivity contribution in [2.45, 2.75) is 33.1 Å². The monoisotopic (exact) mass is 277 g/mol. The third-order valence-electron chi connectivity index (χ3n) is 3.12. The lowest BCUT2D eigenvalue weighted by Gasteiger charge is -2.18. The molecule has 2 rings (SSSR count). The van der Waals surface area contributed by atoms with E-state index in [4.69, 9.17) is 4.42 Å². The smallest absolute Gasteiger partial charge is 0.336 e. The molecule has 0 fully saturated rings. The highest BCUT2D eigenvalue weighted by Crippen LogP contribution is 2.21. The molecule has 106 valence electrons. The van der Waals surface area contributed by atoms with E-state index < -0.39 is 17.4 Å². The summed E-state index contributed by atoms with van der Waals surface area (Å²) >= 11 is 0. The highest BCUT2D eigenvalue weighted by atomic mass is 16.4. The minimum atomic E-state index is -0.587. The molecule has 1 aliphatic heterocycles. The summed E-state index contributed by atoms with van der Waals surface area (Å²) in [5.41, 5.74) is 0.186. The Morgan fingerprint density at radius 2 is 2.10 bits per heavy atom. The zero-order valence-corrected chi connectivity index (χ0v) is 11.3. The highest BCUT2D eigenvalue weighted by Gasteiger charge is 2.28. The third-order valence-corrected chi connectivity index (χ3v) is 3.12. The molecular formula is C14H15NO5. The molecule has 0 aliphatic carbocycles. The lowest BCUT2D eigenvalue weighted by Crippen LogP contribution is -2.39. The lowest BCUT2D eigenvalue weighted by atomic mass is 9.92. The van der Waals surface area contributed by atoms with Gasteiger partial charge in [0.25, 0.3) is 5.91 Å². The van der Waals surface area contributed by atoms with Crippen LogP contribution in [-0.4, -0.2) is 17.6 Å². The highest BCUT2D eigenvalue weighted by molar-refractivity contribution is 6.09. The fraction of sp³-hybridized carbons (Fsp3) is 0.429. The summed E-state index contributed by atoms with van der Waals surface area (Å²) in [5, 5.41) is 2.20. The van der Waals surface area contributed by atoms with Crippen LogP contribution in [0.2, 0.25) is 0 Å². The van der Waals surface area contributed by atoms with Crippen molar-refractivity contribution in [2.24, 2.45) is 5.92 Å². The standard InChI is InChI=1S/C14H15NO5/c1-7(3-8(2)16)4-9-5-12(18)20-10-6-11(17)15-14(19)13(9)10/h5,7H,3-4,6H2,1-2H3,(H,15,17,19)/t7-/m1/s1. The van der Waals surface area contributed by atoms with Crippen LogP contribution in [0.1, 0.15) is 41.9 Å². The zero-order chi connectivity index (χ0) is 14.9. The first-order valence-corrected chi connectivity index (χ1v) is 6.36. The van der Waals surface area contributed by atoms with E-state index in [2.05, 4.69) is 5.32 Å². The summed E-state index contributed by atoms with van der Waals surface area (Å²) < 4.78 is 4.94. The minimum Gasteiger partial charge on any atom is -0.426 e. The van der Waals surface area contributed by atoms with Gasteiger partial charge >= 0.3 is 5.63 Å². The maximum atomic E-state index is 11.9. The average Bonchev–Trinajstić information content (AvgIpc) is 2.24. The number of ketones is 1. The Bertz CT molecular complexity index is 643. The molecule has 6 heteroatoms. The Hall–Kier alpha value is -2.24. The molecule has 6 nitrogen and oxygen atoms in total. The van der Waals surface area contributed by atoms with E-state index in [0.717, 1.165) is 0 Å². The summed E-state index contributed by atoms with van der Waals surface area (Å²) in [6, 6.07) is 1.25. The van der Waals surface area contributed by atoms with Gasteiger partial charge in [-0.15, -0.1) is 0 Å². The molecule has 20 heavy (non-hydrogen) atoms.